The van der Waals surface area contributed by atoms with E-state index in [1.165, 1.54) is 25.3 Å². The van der Waals surface area contributed by atoms with Crippen LogP contribution in [0.2, 0.25) is 0 Å². The number of phenols is 2. The lowest BCUT2D eigenvalue weighted by atomic mass is 10.0. The number of carbonyl (C=O) groups is 2. The molecule has 0 saturated carbocycles. The molecule has 1 amide bonds. The molecule has 0 aliphatic carbocycles. The highest BCUT2D eigenvalue weighted by Crippen LogP contribution is 2.26. The number of nitrogens with one attached hydrogen (secondary N) is 1. The third kappa shape index (κ3) is 3.88. The molecule has 0 saturated heterocycles. The highest BCUT2D eigenvalue weighted by atomic mass is 16.5. The molecule has 0 aromatic heterocycles. The van der Waals surface area contributed by atoms with Crippen molar-refractivity contribution in [1.82, 2.24) is 5.32 Å². The number of rotatable bonds is 5. The molecule has 1 atom stereocenters. The van der Waals surface area contributed by atoms with E-state index < -0.39 is 17.9 Å². The lowest BCUT2D eigenvalue weighted by Gasteiger charge is -2.18. The lowest BCUT2D eigenvalue weighted by molar-refractivity contribution is -0.143. The second-order valence-electron chi connectivity index (χ2n) is 4.85. The molecular weight excluding hydrogens is 262 g/mol. The van der Waals surface area contributed by atoms with Crippen LogP contribution in [0.5, 0.6) is 11.5 Å². The lowest BCUT2D eigenvalue weighted by Crippen LogP contribution is -2.42. The van der Waals surface area contributed by atoms with Crippen LogP contribution in [-0.4, -0.2) is 35.2 Å². The van der Waals surface area contributed by atoms with Gasteiger partial charge in [-0.15, -0.1) is 0 Å². The Morgan fingerprint density at radius 1 is 1.25 bits per heavy atom. The van der Waals surface area contributed by atoms with Crippen LogP contribution < -0.4 is 5.32 Å². The predicted octanol–water partition coefficient (Wildman–Crippen LogP) is 1.42. The topological polar surface area (TPSA) is 95.9 Å². The zero-order valence-corrected chi connectivity index (χ0v) is 11.7. The molecule has 1 aromatic rings. The van der Waals surface area contributed by atoms with E-state index in [1.807, 2.05) is 13.8 Å². The van der Waals surface area contributed by atoms with Gasteiger partial charge < -0.3 is 20.3 Å². The summed E-state index contributed by atoms with van der Waals surface area (Å²) in [4.78, 5) is 23.7. The molecule has 0 spiro atoms. The van der Waals surface area contributed by atoms with Gasteiger partial charge in [0.1, 0.15) is 23.1 Å². The van der Waals surface area contributed by atoms with E-state index in [0.717, 1.165) is 0 Å². The van der Waals surface area contributed by atoms with Gasteiger partial charge in [-0.05, 0) is 24.5 Å². The van der Waals surface area contributed by atoms with Crippen molar-refractivity contribution < 1.29 is 24.5 Å². The Labute approximate surface area is 117 Å². The monoisotopic (exact) mass is 281 g/mol. The van der Waals surface area contributed by atoms with E-state index >= 15 is 0 Å². The van der Waals surface area contributed by atoms with Crippen LogP contribution in [0.3, 0.4) is 0 Å². The highest BCUT2D eigenvalue weighted by Gasteiger charge is 2.25. The van der Waals surface area contributed by atoms with E-state index in [9.17, 15) is 19.8 Å². The molecule has 1 unspecified atom stereocenters. The molecular formula is C14H19NO5. The largest absolute Gasteiger partial charge is 0.507 e. The standard InChI is InChI=1S/C14H19NO5/c1-8(2)7-9(14(19)20-3)15-13(18)12-10(16)5-4-6-11(12)17/h4-6,8-9,16-17H,7H2,1-3H3,(H,15,18). The molecule has 6 nitrogen and oxygen atoms in total. The van der Waals surface area contributed by atoms with E-state index in [4.69, 9.17) is 0 Å². The molecule has 20 heavy (non-hydrogen) atoms. The van der Waals surface area contributed by atoms with Crippen molar-refractivity contribution >= 4 is 11.9 Å². The van der Waals surface area contributed by atoms with Gasteiger partial charge in [0.05, 0.1) is 7.11 Å². The molecule has 0 bridgehead atoms. The number of hydrogen-bond acceptors (Lipinski definition) is 5. The number of benzene rings is 1. The Hall–Kier alpha value is -2.24. The summed E-state index contributed by atoms with van der Waals surface area (Å²) in [7, 11) is 1.24. The van der Waals surface area contributed by atoms with Crippen molar-refractivity contribution in [2.75, 3.05) is 7.11 Å². The molecule has 0 fully saturated rings. The maximum Gasteiger partial charge on any atom is 0.328 e. The number of hydrogen-bond donors (Lipinski definition) is 3. The normalized spacial score (nSPS) is 12.0. The van der Waals surface area contributed by atoms with Gasteiger partial charge in [0.2, 0.25) is 0 Å². The van der Waals surface area contributed by atoms with Crippen molar-refractivity contribution in [3.8, 4) is 11.5 Å². The Bertz CT molecular complexity index is 478. The van der Waals surface area contributed by atoms with Gasteiger partial charge in [0.25, 0.3) is 5.91 Å². The maximum absolute atomic E-state index is 12.1. The van der Waals surface area contributed by atoms with E-state index in [0.29, 0.717) is 6.42 Å². The number of amides is 1. The van der Waals surface area contributed by atoms with Crippen LogP contribution in [0.15, 0.2) is 18.2 Å². The van der Waals surface area contributed by atoms with Gasteiger partial charge in [-0.1, -0.05) is 19.9 Å². The summed E-state index contributed by atoms with van der Waals surface area (Å²) in [5.74, 6) is -1.83. The Morgan fingerprint density at radius 2 is 1.80 bits per heavy atom. The van der Waals surface area contributed by atoms with Gasteiger partial charge in [-0.25, -0.2) is 4.79 Å². The molecule has 1 rings (SSSR count). The second-order valence-corrected chi connectivity index (χ2v) is 4.85. The smallest absolute Gasteiger partial charge is 0.328 e. The summed E-state index contributed by atoms with van der Waals surface area (Å²) < 4.78 is 4.63. The second kappa shape index (κ2) is 6.79. The summed E-state index contributed by atoms with van der Waals surface area (Å²) in [6, 6.07) is 3.15. The summed E-state index contributed by atoms with van der Waals surface area (Å²) in [5.41, 5.74) is -0.259. The number of ether oxygens (including phenoxy) is 1. The summed E-state index contributed by atoms with van der Waals surface area (Å²) in [6.07, 6.45) is 0.396. The molecule has 110 valence electrons. The van der Waals surface area contributed by atoms with Gasteiger partial charge in [0.15, 0.2) is 0 Å². The Morgan fingerprint density at radius 3 is 2.25 bits per heavy atom. The first kappa shape index (κ1) is 15.8. The number of aromatic hydroxyl groups is 2. The van der Waals surface area contributed by atoms with Crippen LogP contribution in [0.25, 0.3) is 0 Å². The van der Waals surface area contributed by atoms with E-state index in [1.54, 1.807) is 0 Å². The summed E-state index contributed by atoms with van der Waals surface area (Å²) in [6.45, 7) is 3.80. The zero-order chi connectivity index (χ0) is 15.3. The minimum atomic E-state index is -0.827. The third-order valence-electron chi connectivity index (χ3n) is 2.75. The summed E-state index contributed by atoms with van der Waals surface area (Å²) >= 11 is 0. The SMILES string of the molecule is COC(=O)C(CC(C)C)NC(=O)c1c(O)cccc1O. The first-order valence-electron chi connectivity index (χ1n) is 6.26. The Balaban J connectivity index is 2.93. The van der Waals surface area contributed by atoms with Crippen LogP contribution >= 0.6 is 0 Å². The third-order valence-corrected chi connectivity index (χ3v) is 2.75. The summed E-state index contributed by atoms with van der Waals surface area (Å²) in [5, 5.41) is 21.7. The van der Waals surface area contributed by atoms with Crippen LogP contribution in [-0.2, 0) is 9.53 Å². The molecule has 0 aliphatic rings. The van der Waals surface area contributed by atoms with Crippen molar-refractivity contribution in [2.45, 2.75) is 26.3 Å². The van der Waals surface area contributed by atoms with Crippen LogP contribution in [0.1, 0.15) is 30.6 Å². The molecule has 0 heterocycles. The molecule has 0 aliphatic heterocycles. The fourth-order valence-corrected chi connectivity index (χ4v) is 1.82. The molecule has 6 heteroatoms. The fraction of sp³-hybridized carbons (Fsp3) is 0.429. The number of carbonyl (C=O) groups excluding carboxylic acids is 2. The quantitative estimate of drug-likeness (QED) is 0.709. The molecule has 0 radical (unpaired) electrons. The first-order chi connectivity index (χ1) is 9.36. The fourth-order valence-electron chi connectivity index (χ4n) is 1.82. The minimum absolute atomic E-state index is 0.164. The average molecular weight is 281 g/mol. The predicted molar refractivity (Wildman–Crippen MR) is 72.5 cm³/mol. The van der Waals surface area contributed by atoms with Crippen molar-refractivity contribution in [2.24, 2.45) is 5.92 Å². The van der Waals surface area contributed by atoms with Gasteiger partial charge in [-0.2, -0.15) is 0 Å². The van der Waals surface area contributed by atoms with Crippen molar-refractivity contribution in [3.63, 3.8) is 0 Å². The van der Waals surface area contributed by atoms with Gasteiger partial charge in [0, 0.05) is 0 Å². The van der Waals surface area contributed by atoms with E-state index in [-0.39, 0.29) is 23.0 Å². The van der Waals surface area contributed by atoms with Gasteiger partial charge >= 0.3 is 5.97 Å². The van der Waals surface area contributed by atoms with Crippen LogP contribution in [0.4, 0.5) is 0 Å². The minimum Gasteiger partial charge on any atom is -0.507 e. The molecule has 1 aromatic carbocycles. The Kier molecular flexibility index (Phi) is 5.37. The van der Waals surface area contributed by atoms with E-state index in [2.05, 4.69) is 10.1 Å². The van der Waals surface area contributed by atoms with Gasteiger partial charge in [-0.3, -0.25) is 4.79 Å². The number of phenolic OH excluding ortho intramolecular Hbond substituents is 2. The highest BCUT2D eigenvalue weighted by molar-refractivity contribution is 6.01. The maximum atomic E-state index is 12.1. The van der Waals surface area contributed by atoms with Crippen LogP contribution in [0, 0.1) is 5.92 Å². The number of methoxy groups -OCH3 is 1. The molecule has 3 N–H and O–H groups in total. The average Bonchev–Trinajstić information content (AvgIpc) is 2.36. The van der Waals surface area contributed by atoms with Crippen molar-refractivity contribution in [1.29, 1.82) is 0 Å². The first-order valence-corrected chi connectivity index (χ1v) is 6.26. The zero-order valence-electron chi connectivity index (χ0n) is 11.7. The van der Waals surface area contributed by atoms with Crippen molar-refractivity contribution in [3.05, 3.63) is 23.8 Å². The number of esters is 1.